The molecule has 0 N–H and O–H groups in total. The monoisotopic (exact) mass is 586 g/mol. The first kappa shape index (κ1) is 22.2. The van der Waals surface area contributed by atoms with Crippen LogP contribution in [0.2, 0.25) is 10.0 Å². The fourth-order valence-corrected chi connectivity index (χ4v) is 5.46. The Morgan fingerprint density at radius 3 is 2.48 bits per heavy atom. The molecule has 0 radical (unpaired) electrons. The highest BCUT2D eigenvalue weighted by Crippen LogP contribution is 2.45. The molecular weight excluding hydrogens is 570 g/mol. The lowest BCUT2D eigenvalue weighted by molar-refractivity contribution is 0.156. The summed E-state index contributed by atoms with van der Waals surface area (Å²) in [6.07, 6.45) is -0.473. The van der Waals surface area contributed by atoms with Gasteiger partial charge < -0.3 is 4.74 Å². The third-order valence-electron chi connectivity index (χ3n) is 5.46. The van der Waals surface area contributed by atoms with E-state index in [4.69, 9.17) is 32.9 Å². The van der Waals surface area contributed by atoms with Crippen LogP contribution in [-0.2, 0) is 4.74 Å². The lowest BCUT2D eigenvalue weighted by Gasteiger charge is -2.15. The normalized spacial score (nSPS) is 11.3. The van der Waals surface area contributed by atoms with E-state index in [1.807, 2.05) is 66.7 Å². The van der Waals surface area contributed by atoms with Crippen molar-refractivity contribution in [3.05, 3.63) is 86.4 Å². The van der Waals surface area contributed by atoms with Gasteiger partial charge >= 0.3 is 6.09 Å². The van der Waals surface area contributed by atoms with Gasteiger partial charge in [-0.2, -0.15) is 0 Å². The largest absolute Gasteiger partial charge is 0.449 e. The van der Waals surface area contributed by atoms with Crippen molar-refractivity contribution in [2.45, 2.75) is 6.92 Å². The van der Waals surface area contributed by atoms with E-state index < -0.39 is 6.09 Å². The Balaban J connectivity index is 2.02. The highest BCUT2D eigenvalue weighted by Gasteiger charge is 2.26. The molecule has 0 spiro atoms. The van der Waals surface area contributed by atoms with E-state index >= 15 is 0 Å². The van der Waals surface area contributed by atoms with Gasteiger partial charge in [-0.3, -0.25) is 0 Å². The average molecular weight is 587 g/mol. The summed E-state index contributed by atoms with van der Waals surface area (Å²) in [5.41, 5.74) is 4.59. The van der Waals surface area contributed by atoms with Crippen molar-refractivity contribution in [2.75, 3.05) is 6.61 Å². The Bertz CT molecular complexity index is 1530. The van der Waals surface area contributed by atoms with Crippen LogP contribution < -0.4 is 0 Å². The first-order valence-electron chi connectivity index (χ1n) is 10.3. The summed E-state index contributed by atoms with van der Waals surface area (Å²) in [5, 5.41) is 2.63. The number of rotatable bonds is 3. The van der Waals surface area contributed by atoms with Crippen molar-refractivity contribution in [2.24, 2.45) is 0 Å². The molecule has 2 heterocycles. The van der Waals surface area contributed by atoms with Crippen LogP contribution in [0.15, 0.2) is 72.8 Å². The number of ether oxygens (including phenoxy) is 1. The number of benzene rings is 3. The highest BCUT2D eigenvalue weighted by molar-refractivity contribution is 14.1. The molecule has 0 aliphatic carbocycles. The molecule has 0 saturated carbocycles. The number of halogens is 3. The fourth-order valence-electron chi connectivity index (χ4n) is 4.07. The molecule has 0 saturated heterocycles. The molecular formula is C26H17Cl2IN2O2. The lowest BCUT2D eigenvalue weighted by Crippen LogP contribution is -2.14. The number of hydrogen-bond acceptors (Lipinski definition) is 3. The zero-order valence-electron chi connectivity index (χ0n) is 17.5. The summed E-state index contributed by atoms with van der Waals surface area (Å²) in [4.78, 5) is 18.1. The summed E-state index contributed by atoms with van der Waals surface area (Å²) in [5.74, 6) is 0. The van der Waals surface area contributed by atoms with Gasteiger partial charge in [0, 0.05) is 31.0 Å². The van der Waals surface area contributed by atoms with Crippen LogP contribution in [0.4, 0.5) is 4.79 Å². The molecule has 7 heteroatoms. The fraction of sp³-hybridized carbons (Fsp3) is 0.0769. The Morgan fingerprint density at radius 1 is 1.00 bits per heavy atom. The van der Waals surface area contributed by atoms with Crippen LogP contribution in [0.25, 0.3) is 44.3 Å². The number of carbonyl (C=O) groups is 1. The molecule has 4 nitrogen and oxygen atoms in total. The van der Waals surface area contributed by atoms with Crippen LogP contribution in [0.1, 0.15) is 6.92 Å². The van der Waals surface area contributed by atoms with Gasteiger partial charge in [0.05, 0.1) is 27.9 Å². The number of para-hydroxylation sites is 1. The molecule has 33 heavy (non-hydrogen) atoms. The molecule has 0 amide bonds. The van der Waals surface area contributed by atoms with Gasteiger partial charge in [-0.05, 0) is 41.6 Å². The summed E-state index contributed by atoms with van der Waals surface area (Å²) >= 11 is 15.4. The van der Waals surface area contributed by atoms with Gasteiger partial charge in [0.25, 0.3) is 0 Å². The zero-order valence-corrected chi connectivity index (χ0v) is 21.1. The van der Waals surface area contributed by atoms with Crippen LogP contribution in [0.3, 0.4) is 0 Å². The Labute approximate surface area is 214 Å². The second-order valence-corrected chi connectivity index (χ2v) is 9.23. The maximum atomic E-state index is 13.1. The smallest absolute Gasteiger partial charge is 0.420 e. The van der Waals surface area contributed by atoms with Gasteiger partial charge in [0.2, 0.25) is 0 Å². The van der Waals surface area contributed by atoms with Crippen molar-refractivity contribution in [1.82, 2.24) is 9.55 Å². The van der Waals surface area contributed by atoms with Crippen molar-refractivity contribution in [3.63, 3.8) is 0 Å². The molecule has 0 unspecified atom stereocenters. The molecule has 0 bridgehead atoms. The molecule has 0 atom stereocenters. The van der Waals surface area contributed by atoms with Gasteiger partial charge in [-0.15, -0.1) is 0 Å². The summed E-state index contributed by atoms with van der Waals surface area (Å²) in [6.45, 7) is 2.05. The Kier molecular flexibility index (Phi) is 6.03. The maximum absolute atomic E-state index is 13.1. The number of nitrogens with zero attached hydrogens (tertiary/aromatic N) is 2. The first-order chi connectivity index (χ1) is 16.0. The van der Waals surface area contributed by atoms with Gasteiger partial charge in [-0.1, -0.05) is 83.9 Å². The number of pyridine rings is 1. The summed E-state index contributed by atoms with van der Waals surface area (Å²) in [7, 11) is 0. The van der Waals surface area contributed by atoms with E-state index in [9.17, 15) is 4.79 Å². The molecule has 0 fully saturated rings. The van der Waals surface area contributed by atoms with Crippen molar-refractivity contribution in [1.29, 1.82) is 0 Å². The quantitative estimate of drug-likeness (QED) is 0.199. The molecule has 3 aromatic carbocycles. The van der Waals surface area contributed by atoms with E-state index in [0.717, 1.165) is 42.2 Å². The van der Waals surface area contributed by atoms with Gasteiger partial charge in [0.1, 0.15) is 0 Å². The third kappa shape index (κ3) is 3.68. The molecule has 5 aromatic rings. The number of aromatic nitrogens is 2. The van der Waals surface area contributed by atoms with E-state index in [1.165, 1.54) is 0 Å². The number of fused-ring (bicyclic) bond motifs is 3. The molecule has 164 valence electrons. The minimum absolute atomic E-state index is 0.260. The lowest BCUT2D eigenvalue weighted by atomic mass is 9.98. The van der Waals surface area contributed by atoms with Crippen molar-refractivity contribution < 1.29 is 9.53 Å². The Hall–Kier alpha value is -2.61. The minimum Gasteiger partial charge on any atom is -0.449 e. The zero-order chi connectivity index (χ0) is 23.1. The second kappa shape index (κ2) is 8.97. The highest BCUT2D eigenvalue weighted by atomic mass is 127. The predicted octanol–water partition coefficient (Wildman–Crippen LogP) is 8.44. The van der Waals surface area contributed by atoms with Crippen LogP contribution in [0.5, 0.6) is 0 Å². The van der Waals surface area contributed by atoms with Crippen molar-refractivity contribution >= 4 is 73.8 Å². The average Bonchev–Trinajstić information content (AvgIpc) is 3.16. The van der Waals surface area contributed by atoms with Crippen molar-refractivity contribution in [3.8, 4) is 22.4 Å². The molecule has 0 aliphatic rings. The minimum atomic E-state index is -0.473. The van der Waals surface area contributed by atoms with Crippen LogP contribution in [-0.4, -0.2) is 22.3 Å². The molecule has 5 rings (SSSR count). The van der Waals surface area contributed by atoms with Gasteiger partial charge in [-0.25, -0.2) is 14.3 Å². The van der Waals surface area contributed by atoms with E-state index in [1.54, 1.807) is 17.6 Å². The molecule has 2 aromatic heterocycles. The maximum Gasteiger partial charge on any atom is 0.420 e. The van der Waals surface area contributed by atoms with Gasteiger partial charge in [0.15, 0.2) is 5.65 Å². The predicted molar refractivity (Wildman–Crippen MR) is 143 cm³/mol. The van der Waals surface area contributed by atoms with Crippen LogP contribution >= 0.6 is 45.8 Å². The SMILES string of the molecule is CCOC(=O)n1c2ccccc2c2c(-c3cccc(Cl)c3Cl)c(I)c(-c3ccccc3)nc21. The standard InChI is InChI=1S/C26H17Cl2IN2O2/c1-2-33-26(32)31-19-14-7-6-11-16(19)21-20(17-12-8-13-18(27)22(17)28)23(29)24(30-25(21)31)15-9-4-3-5-10-15/h3-14H,2H2,1H3. The van der Waals surface area contributed by atoms with Crippen LogP contribution in [0, 0.1) is 3.57 Å². The van der Waals surface area contributed by atoms with E-state index in [0.29, 0.717) is 15.7 Å². The number of carbonyl (C=O) groups excluding carboxylic acids is 1. The third-order valence-corrected chi connectivity index (χ3v) is 7.33. The summed E-state index contributed by atoms with van der Waals surface area (Å²) in [6, 6.07) is 23.2. The number of hydrogen-bond donors (Lipinski definition) is 0. The summed E-state index contributed by atoms with van der Waals surface area (Å²) < 4.78 is 7.86. The van der Waals surface area contributed by atoms with E-state index in [-0.39, 0.29) is 6.61 Å². The Morgan fingerprint density at radius 2 is 1.73 bits per heavy atom. The van der Waals surface area contributed by atoms with E-state index in [2.05, 4.69) is 22.6 Å². The topological polar surface area (TPSA) is 44.1 Å². The first-order valence-corrected chi connectivity index (χ1v) is 12.2. The second-order valence-electron chi connectivity index (χ2n) is 7.37. The molecule has 0 aliphatic heterocycles.